The Labute approximate surface area is 130 Å². The highest BCUT2D eigenvalue weighted by molar-refractivity contribution is 9.10. The first-order chi connectivity index (χ1) is 9.56. The van der Waals surface area contributed by atoms with Gasteiger partial charge >= 0.3 is 0 Å². The summed E-state index contributed by atoms with van der Waals surface area (Å²) in [6, 6.07) is 13.0. The summed E-state index contributed by atoms with van der Waals surface area (Å²) in [4.78, 5) is 0. The molecule has 3 rings (SSSR count). The quantitative estimate of drug-likeness (QED) is 0.685. The Kier molecular flexibility index (Phi) is 3.59. The molecule has 20 heavy (non-hydrogen) atoms. The van der Waals surface area contributed by atoms with Gasteiger partial charge in [-0.2, -0.15) is 0 Å². The lowest BCUT2D eigenvalue weighted by Gasteiger charge is -2.12. The Morgan fingerprint density at radius 3 is 2.80 bits per heavy atom. The fraction of sp³-hybridized carbons (Fsp3) is 0.125. The molecule has 1 heterocycles. The highest BCUT2D eigenvalue weighted by Crippen LogP contribution is 2.32. The first kappa shape index (κ1) is 13.7. The van der Waals surface area contributed by atoms with Crippen LogP contribution in [0.4, 0.5) is 0 Å². The Hall–Kier alpha value is -1.29. The Morgan fingerprint density at radius 1 is 1.20 bits per heavy atom. The van der Waals surface area contributed by atoms with E-state index >= 15 is 0 Å². The molecule has 0 aliphatic rings. The Morgan fingerprint density at radius 2 is 2.00 bits per heavy atom. The number of halogens is 2. The van der Waals surface area contributed by atoms with Crippen molar-refractivity contribution in [1.82, 2.24) is 0 Å². The zero-order valence-corrected chi connectivity index (χ0v) is 13.1. The maximum absolute atomic E-state index is 10.5. The van der Waals surface area contributed by atoms with Crippen LogP contribution in [0.25, 0.3) is 11.0 Å². The van der Waals surface area contributed by atoms with E-state index in [1.165, 1.54) is 0 Å². The summed E-state index contributed by atoms with van der Waals surface area (Å²) in [5, 5.41) is 12.1. The van der Waals surface area contributed by atoms with Crippen molar-refractivity contribution in [3.63, 3.8) is 0 Å². The van der Waals surface area contributed by atoms with E-state index in [2.05, 4.69) is 15.9 Å². The van der Waals surface area contributed by atoms with E-state index in [0.717, 1.165) is 26.6 Å². The van der Waals surface area contributed by atoms with E-state index in [-0.39, 0.29) is 0 Å². The lowest BCUT2D eigenvalue weighted by molar-refractivity contribution is 0.191. The third kappa shape index (κ3) is 2.37. The van der Waals surface area contributed by atoms with E-state index in [1.807, 2.05) is 43.3 Å². The second-order valence-electron chi connectivity index (χ2n) is 4.69. The molecular weight excluding hydrogens is 340 g/mol. The molecule has 2 nitrogen and oxygen atoms in total. The first-order valence-electron chi connectivity index (χ1n) is 6.18. The van der Waals surface area contributed by atoms with E-state index in [9.17, 15) is 5.11 Å². The van der Waals surface area contributed by atoms with Gasteiger partial charge in [-0.25, -0.2) is 0 Å². The second-order valence-corrected chi connectivity index (χ2v) is 5.98. The van der Waals surface area contributed by atoms with Gasteiger partial charge in [0.1, 0.15) is 17.4 Å². The number of aliphatic hydroxyl groups excluding tert-OH is 1. The van der Waals surface area contributed by atoms with Crippen LogP contribution in [0.2, 0.25) is 5.02 Å². The normalized spacial score (nSPS) is 12.8. The molecule has 4 heteroatoms. The van der Waals surface area contributed by atoms with Crippen molar-refractivity contribution in [2.75, 3.05) is 0 Å². The van der Waals surface area contributed by atoms with Gasteiger partial charge in [-0.05, 0) is 48.4 Å². The number of rotatable bonds is 2. The van der Waals surface area contributed by atoms with Gasteiger partial charge in [0.15, 0.2) is 0 Å². The van der Waals surface area contributed by atoms with Crippen molar-refractivity contribution in [2.24, 2.45) is 0 Å². The fourth-order valence-electron chi connectivity index (χ4n) is 2.24. The van der Waals surface area contributed by atoms with Crippen LogP contribution in [0.15, 0.2) is 51.4 Å². The molecule has 1 N–H and O–H groups in total. The van der Waals surface area contributed by atoms with Gasteiger partial charge in [-0.3, -0.25) is 0 Å². The Bertz CT molecular complexity index is 779. The summed E-state index contributed by atoms with van der Waals surface area (Å²) in [5.74, 6) is 0.517. The van der Waals surface area contributed by atoms with E-state index in [4.69, 9.17) is 16.0 Å². The van der Waals surface area contributed by atoms with Gasteiger partial charge in [-0.15, -0.1) is 0 Å². The molecule has 0 saturated heterocycles. The predicted molar refractivity (Wildman–Crippen MR) is 84.2 cm³/mol. The van der Waals surface area contributed by atoms with Gasteiger partial charge in [0.25, 0.3) is 0 Å². The first-order valence-corrected chi connectivity index (χ1v) is 7.35. The van der Waals surface area contributed by atoms with Crippen molar-refractivity contribution in [3.05, 3.63) is 68.8 Å². The van der Waals surface area contributed by atoms with Gasteiger partial charge < -0.3 is 9.52 Å². The molecule has 2 aromatic carbocycles. The van der Waals surface area contributed by atoms with Crippen LogP contribution in [0.1, 0.15) is 23.0 Å². The summed E-state index contributed by atoms with van der Waals surface area (Å²) < 4.78 is 6.68. The number of furan rings is 1. The maximum Gasteiger partial charge on any atom is 0.138 e. The highest BCUT2D eigenvalue weighted by Gasteiger charge is 2.18. The van der Waals surface area contributed by atoms with Gasteiger partial charge in [0.2, 0.25) is 0 Å². The third-order valence-corrected chi connectivity index (χ3v) is 4.47. The molecule has 0 radical (unpaired) electrons. The molecule has 0 saturated carbocycles. The summed E-state index contributed by atoms with van der Waals surface area (Å²) in [5.41, 5.74) is 2.54. The third-order valence-electron chi connectivity index (χ3n) is 3.37. The topological polar surface area (TPSA) is 33.4 Å². The van der Waals surface area contributed by atoms with Gasteiger partial charge in [-0.1, -0.05) is 39.7 Å². The summed E-state index contributed by atoms with van der Waals surface area (Å²) >= 11 is 9.43. The van der Waals surface area contributed by atoms with E-state index in [1.54, 1.807) is 6.07 Å². The molecule has 0 aliphatic heterocycles. The number of fused-ring (bicyclic) bond motifs is 1. The number of benzene rings is 2. The molecule has 1 atom stereocenters. The average molecular weight is 352 g/mol. The van der Waals surface area contributed by atoms with Crippen LogP contribution in [0, 0.1) is 6.92 Å². The highest BCUT2D eigenvalue weighted by atomic mass is 79.9. The Balaban J connectivity index is 2.08. The number of aliphatic hydroxyl groups is 1. The van der Waals surface area contributed by atoms with Gasteiger partial charge in [0, 0.05) is 14.9 Å². The number of hydrogen-bond acceptors (Lipinski definition) is 2. The van der Waals surface area contributed by atoms with Crippen molar-refractivity contribution in [1.29, 1.82) is 0 Å². The molecule has 0 bridgehead atoms. The molecule has 0 fully saturated rings. The molecule has 3 aromatic rings. The molecule has 102 valence electrons. The van der Waals surface area contributed by atoms with Crippen LogP contribution >= 0.6 is 27.5 Å². The minimum Gasteiger partial charge on any atom is -0.458 e. The van der Waals surface area contributed by atoms with Crippen molar-refractivity contribution >= 4 is 38.5 Å². The molecule has 1 aromatic heterocycles. The number of hydrogen-bond donors (Lipinski definition) is 1. The summed E-state index contributed by atoms with van der Waals surface area (Å²) in [6.45, 7) is 1.96. The zero-order valence-electron chi connectivity index (χ0n) is 10.7. The SMILES string of the molecule is Cc1c(Br)cccc1C(O)c1cc2cc(Cl)ccc2o1. The smallest absolute Gasteiger partial charge is 0.138 e. The van der Waals surface area contributed by atoms with Crippen molar-refractivity contribution in [2.45, 2.75) is 13.0 Å². The largest absolute Gasteiger partial charge is 0.458 e. The minimum atomic E-state index is -0.793. The molecule has 1 unspecified atom stereocenters. The average Bonchev–Trinajstić information content (AvgIpc) is 2.84. The van der Waals surface area contributed by atoms with Crippen molar-refractivity contribution < 1.29 is 9.52 Å². The molecule has 0 spiro atoms. The standard InChI is InChI=1S/C16H12BrClO2/c1-9-12(3-2-4-13(9)17)16(19)15-8-10-7-11(18)5-6-14(10)20-15/h2-8,16,19H,1H3. The lowest BCUT2D eigenvalue weighted by Crippen LogP contribution is -2.00. The molecular formula is C16H12BrClO2. The van der Waals surface area contributed by atoms with Crippen molar-refractivity contribution in [3.8, 4) is 0 Å². The maximum atomic E-state index is 10.5. The minimum absolute atomic E-state index is 0.517. The molecule has 0 amide bonds. The summed E-state index contributed by atoms with van der Waals surface area (Å²) in [7, 11) is 0. The van der Waals surface area contributed by atoms with E-state index < -0.39 is 6.10 Å². The van der Waals surface area contributed by atoms with Crippen LogP contribution in [0.5, 0.6) is 0 Å². The zero-order chi connectivity index (χ0) is 14.3. The van der Waals surface area contributed by atoms with Crippen LogP contribution in [-0.4, -0.2) is 5.11 Å². The van der Waals surface area contributed by atoms with E-state index in [0.29, 0.717) is 10.8 Å². The lowest BCUT2D eigenvalue weighted by atomic mass is 10.0. The van der Waals surface area contributed by atoms with Crippen LogP contribution in [0.3, 0.4) is 0 Å². The van der Waals surface area contributed by atoms with Crippen LogP contribution in [-0.2, 0) is 0 Å². The monoisotopic (exact) mass is 350 g/mol. The summed E-state index contributed by atoms with van der Waals surface area (Å²) in [6.07, 6.45) is -0.793. The van der Waals surface area contributed by atoms with Gasteiger partial charge in [0.05, 0.1) is 0 Å². The van der Waals surface area contributed by atoms with Crippen LogP contribution < -0.4 is 0 Å². The fourth-order valence-corrected chi connectivity index (χ4v) is 2.81. The molecule has 0 aliphatic carbocycles. The second kappa shape index (κ2) is 5.24. The predicted octanol–water partition coefficient (Wildman–Crippen LogP) is 5.24.